The minimum atomic E-state index is 0.992. The van der Waals surface area contributed by atoms with Crippen molar-refractivity contribution in [3.63, 3.8) is 0 Å². The van der Waals surface area contributed by atoms with Gasteiger partial charge in [0.2, 0.25) is 5.52 Å². The molecule has 3 aromatic rings. The maximum atomic E-state index is 2.47. The third kappa shape index (κ3) is 2.82. The van der Waals surface area contributed by atoms with Gasteiger partial charge in [-0.15, -0.1) is 0 Å². The maximum Gasteiger partial charge on any atom is 0.213 e. The molecule has 1 aliphatic heterocycles. The van der Waals surface area contributed by atoms with Gasteiger partial charge in [-0.2, -0.15) is 4.57 Å². The Morgan fingerprint density at radius 1 is 1.00 bits per heavy atom. The molecule has 0 amide bonds. The third-order valence-corrected chi connectivity index (χ3v) is 5.25. The Morgan fingerprint density at radius 3 is 2.64 bits per heavy atom. The molecule has 2 heterocycles. The van der Waals surface area contributed by atoms with Crippen molar-refractivity contribution < 1.29 is 4.57 Å². The summed E-state index contributed by atoms with van der Waals surface area (Å²) in [7, 11) is 0. The van der Waals surface area contributed by atoms with E-state index in [0.717, 1.165) is 26.1 Å². The third-order valence-electron chi connectivity index (χ3n) is 5.25. The fourth-order valence-electron chi connectivity index (χ4n) is 3.91. The van der Waals surface area contributed by atoms with Crippen LogP contribution in [0.15, 0.2) is 60.8 Å². The molecule has 2 nitrogen and oxygen atoms in total. The molecule has 126 valence electrons. The van der Waals surface area contributed by atoms with E-state index in [1.165, 1.54) is 33.3 Å². The van der Waals surface area contributed by atoms with E-state index in [1.807, 2.05) is 0 Å². The van der Waals surface area contributed by atoms with E-state index < -0.39 is 0 Å². The molecule has 0 unspecified atom stereocenters. The molecule has 0 saturated carbocycles. The van der Waals surface area contributed by atoms with E-state index in [2.05, 4.69) is 90.2 Å². The summed E-state index contributed by atoms with van der Waals surface area (Å²) in [5.74, 6) is 0. The second-order valence-corrected chi connectivity index (χ2v) is 6.59. The number of nitrogens with zero attached hydrogens (tertiary/aromatic N) is 2. The van der Waals surface area contributed by atoms with Gasteiger partial charge in [0.05, 0.1) is 5.39 Å². The molecule has 0 radical (unpaired) electrons. The van der Waals surface area contributed by atoms with Crippen molar-refractivity contribution in [2.24, 2.45) is 0 Å². The Kier molecular flexibility index (Phi) is 4.27. The van der Waals surface area contributed by atoms with Gasteiger partial charge in [-0.3, -0.25) is 0 Å². The summed E-state index contributed by atoms with van der Waals surface area (Å²) in [6.45, 7) is 7.58. The van der Waals surface area contributed by atoms with Crippen LogP contribution in [0.1, 0.15) is 31.4 Å². The average molecular weight is 329 g/mol. The first kappa shape index (κ1) is 15.9. The number of hydrogen-bond acceptors (Lipinski definition) is 1. The highest BCUT2D eigenvalue weighted by Crippen LogP contribution is 2.36. The number of fused-ring (bicyclic) bond motifs is 2. The highest BCUT2D eigenvalue weighted by atomic mass is 15.1. The van der Waals surface area contributed by atoms with Crippen molar-refractivity contribution in [2.75, 3.05) is 18.0 Å². The monoisotopic (exact) mass is 329 g/mol. The van der Waals surface area contributed by atoms with E-state index in [0.29, 0.717) is 0 Å². The number of rotatable bonds is 3. The molecular formula is C23H25N2+. The zero-order valence-corrected chi connectivity index (χ0v) is 15.1. The summed E-state index contributed by atoms with van der Waals surface area (Å²) in [6, 6.07) is 19.8. The number of para-hydroxylation sites is 2. The van der Waals surface area contributed by atoms with Gasteiger partial charge >= 0.3 is 0 Å². The van der Waals surface area contributed by atoms with E-state index in [-0.39, 0.29) is 0 Å². The van der Waals surface area contributed by atoms with E-state index in [4.69, 9.17) is 0 Å². The Hall–Kier alpha value is -2.61. The van der Waals surface area contributed by atoms with Crippen LogP contribution >= 0.6 is 0 Å². The second-order valence-electron chi connectivity index (χ2n) is 6.59. The van der Waals surface area contributed by atoms with Crippen molar-refractivity contribution in [3.8, 4) is 0 Å². The topological polar surface area (TPSA) is 7.12 Å². The number of aryl methyl sites for hydroxylation is 1. The molecule has 1 aliphatic rings. The minimum absolute atomic E-state index is 0.992. The first-order valence-corrected chi connectivity index (χ1v) is 9.28. The fourth-order valence-corrected chi connectivity index (χ4v) is 3.91. The van der Waals surface area contributed by atoms with Crippen LogP contribution in [-0.4, -0.2) is 13.1 Å². The number of benzene rings is 2. The van der Waals surface area contributed by atoms with Gasteiger partial charge in [0.15, 0.2) is 6.20 Å². The molecule has 2 aromatic carbocycles. The Balaban J connectivity index is 1.86. The van der Waals surface area contributed by atoms with Crippen molar-refractivity contribution in [2.45, 2.75) is 26.8 Å². The molecule has 1 aromatic heterocycles. The smallest absolute Gasteiger partial charge is 0.213 e. The minimum Gasteiger partial charge on any atom is -0.371 e. The van der Waals surface area contributed by atoms with Crippen LogP contribution in [0.2, 0.25) is 0 Å². The van der Waals surface area contributed by atoms with Gasteiger partial charge in [-0.1, -0.05) is 30.3 Å². The lowest BCUT2D eigenvalue weighted by atomic mass is 9.93. The van der Waals surface area contributed by atoms with Crippen molar-refractivity contribution in [1.29, 1.82) is 0 Å². The molecular weight excluding hydrogens is 304 g/mol. The van der Waals surface area contributed by atoms with E-state index in [1.54, 1.807) is 0 Å². The predicted octanol–water partition coefficient (Wildman–Crippen LogP) is 4.92. The van der Waals surface area contributed by atoms with Gasteiger partial charge in [0, 0.05) is 36.5 Å². The standard InChI is InChI=1S/C23H25N2/c1-3-24-15-13-18(20-9-5-7-11-22(20)24)17-19-14-16-25(4-2)23-12-8-6-10-21(19)23/h5-13,15,17H,3-4,14,16H2,1-2H3/q+1. The van der Waals surface area contributed by atoms with Crippen LogP contribution in [0.3, 0.4) is 0 Å². The zero-order valence-electron chi connectivity index (χ0n) is 15.1. The van der Waals surface area contributed by atoms with Gasteiger partial charge in [-0.05, 0) is 49.6 Å². The van der Waals surface area contributed by atoms with Crippen LogP contribution in [-0.2, 0) is 6.54 Å². The summed E-state index contributed by atoms with van der Waals surface area (Å²) in [6.07, 6.45) is 5.71. The van der Waals surface area contributed by atoms with Crippen LogP contribution in [0.25, 0.3) is 22.6 Å². The van der Waals surface area contributed by atoms with Gasteiger partial charge in [0.1, 0.15) is 6.54 Å². The van der Waals surface area contributed by atoms with Crippen LogP contribution in [0.5, 0.6) is 0 Å². The predicted molar refractivity (Wildman–Crippen MR) is 107 cm³/mol. The van der Waals surface area contributed by atoms with E-state index in [9.17, 15) is 0 Å². The largest absolute Gasteiger partial charge is 0.371 e. The van der Waals surface area contributed by atoms with Crippen molar-refractivity contribution in [1.82, 2.24) is 0 Å². The molecule has 0 aliphatic carbocycles. The molecule has 0 spiro atoms. The Labute approximate surface area is 150 Å². The van der Waals surface area contributed by atoms with Crippen LogP contribution < -0.4 is 9.47 Å². The molecule has 0 atom stereocenters. The average Bonchev–Trinajstić information content (AvgIpc) is 2.68. The normalized spacial score (nSPS) is 15.6. The zero-order chi connectivity index (χ0) is 17.2. The highest BCUT2D eigenvalue weighted by Gasteiger charge is 2.19. The van der Waals surface area contributed by atoms with Crippen LogP contribution in [0, 0.1) is 0 Å². The lowest BCUT2D eigenvalue weighted by Crippen LogP contribution is -2.32. The Bertz CT molecular complexity index is 940. The summed E-state index contributed by atoms with van der Waals surface area (Å²) < 4.78 is 2.31. The number of aromatic nitrogens is 1. The molecule has 0 saturated heterocycles. The first-order valence-electron chi connectivity index (χ1n) is 9.28. The Morgan fingerprint density at radius 2 is 1.80 bits per heavy atom. The van der Waals surface area contributed by atoms with E-state index >= 15 is 0 Å². The number of hydrogen-bond donors (Lipinski definition) is 0. The lowest BCUT2D eigenvalue weighted by molar-refractivity contribution is -0.667. The number of anilines is 1. The molecule has 2 heteroatoms. The van der Waals surface area contributed by atoms with Gasteiger partial charge < -0.3 is 4.90 Å². The van der Waals surface area contributed by atoms with Gasteiger partial charge in [-0.25, -0.2) is 0 Å². The number of pyridine rings is 1. The summed E-state index contributed by atoms with van der Waals surface area (Å²) in [4.78, 5) is 2.47. The highest BCUT2D eigenvalue weighted by molar-refractivity contribution is 5.95. The first-order chi connectivity index (χ1) is 12.3. The summed E-state index contributed by atoms with van der Waals surface area (Å²) in [5.41, 5.74) is 6.81. The molecule has 25 heavy (non-hydrogen) atoms. The fraction of sp³-hybridized carbons (Fsp3) is 0.261. The molecule has 0 N–H and O–H groups in total. The maximum absolute atomic E-state index is 2.47. The van der Waals surface area contributed by atoms with Crippen LogP contribution in [0.4, 0.5) is 5.69 Å². The molecule has 0 bridgehead atoms. The van der Waals surface area contributed by atoms with Crippen molar-refractivity contribution >= 4 is 28.2 Å². The summed E-state index contributed by atoms with van der Waals surface area (Å²) in [5, 5.41) is 1.33. The summed E-state index contributed by atoms with van der Waals surface area (Å²) >= 11 is 0. The molecule has 0 fully saturated rings. The lowest BCUT2D eigenvalue weighted by Gasteiger charge is -2.31. The quantitative estimate of drug-likeness (QED) is 0.619. The molecule has 4 rings (SSSR count). The van der Waals surface area contributed by atoms with Gasteiger partial charge in [0.25, 0.3) is 0 Å². The second kappa shape index (κ2) is 6.72. The van der Waals surface area contributed by atoms with Crippen molar-refractivity contribution in [3.05, 3.63) is 71.9 Å². The SMILES string of the molecule is CCN1CCC(=Cc2cc[n+](CC)c3ccccc23)c2ccccc21.